The Labute approximate surface area is 92.9 Å². The van der Waals surface area contributed by atoms with Gasteiger partial charge in [0.25, 0.3) is 0 Å². The van der Waals surface area contributed by atoms with Crippen LogP contribution in [0.2, 0.25) is 0 Å². The SMILES string of the molecule is CCOC(C/C=C/[C@H](O)C(F)(F)F)OCC. The quantitative estimate of drug-likeness (QED) is 0.549. The zero-order valence-corrected chi connectivity index (χ0v) is 9.33. The number of hydrogen-bond donors (Lipinski definition) is 1. The maximum Gasteiger partial charge on any atom is 0.417 e. The second kappa shape index (κ2) is 7.65. The van der Waals surface area contributed by atoms with Gasteiger partial charge in [-0.3, -0.25) is 0 Å². The molecule has 1 N–H and O–H groups in total. The zero-order chi connectivity index (χ0) is 12.6. The summed E-state index contributed by atoms with van der Waals surface area (Å²) in [6.45, 7) is 4.36. The van der Waals surface area contributed by atoms with Crippen LogP contribution in [-0.4, -0.2) is 36.9 Å². The van der Waals surface area contributed by atoms with Gasteiger partial charge in [0.15, 0.2) is 12.4 Å². The molecule has 0 rings (SSSR count). The van der Waals surface area contributed by atoms with E-state index in [-0.39, 0.29) is 6.42 Å². The van der Waals surface area contributed by atoms with Gasteiger partial charge in [0, 0.05) is 19.6 Å². The number of hydrogen-bond acceptors (Lipinski definition) is 3. The Morgan fingerprint density at radius 2 is 1.69 bits per heavy atom. The molecule has 0 aliphatic rings. The molecule has 6 heteroatoms. The Balaban J connectivity index is 4.03. The Hall–Kier alpha value is -0.590. The van der Waals surface area contributed by atoms with Gasteiger partial charge in [-0.25, -0.2) is 0 Å². The van der Waals surface area contributed by atoms with E-state index >= 15 is 0 Å². The highest BCUT2D eigenvalue weighted by atomic mass is 19.4. The molecular formula is C10H17F3O3. The minimum absolute atomic E-state index is 0.175. The fourth-order valence-electron chi connectivity index (χ4n) is 0.984. The Morgan fingerprint density at radius 1 is 1.19 bits per heavy atom. The maximum absolute atomic E-state index is 11.9. The van der Waals surface area contributed by atoms with E-state index in [1.54, 1.807) is 13.8 Å². The number of aliphatic hydroxyl groups excluding tert-OH is 1. The van der Waals surface area contributed by atoms with Gasteiger partial charge in [0.05, 0.1) is 0 Å². The van der Waals surface area contributed by atoms with E-state index in [0.717, 1.165) is 0 Å². The van der Waals surface area contributed by atoms with Gasteiger partial charge in [0.2, 0.25) is 0 Å². The number of alkyl halides is 3. The van der Waals surface area contributed by atoms with E-state index in [9.17, 15) is 13.2 Å². The van der Waals surface area contributed by atoms with Crippen molar-refractivity contribution in [3.63, 3.8) is 0 Å². The molecule has 0 aliphatic heterocycles. The Kier molecular flexibility index (Phi) is 7.36. The van der Waals surface area contributed by atoms with Gasteiger partial charge in [-0.1, -0.05) is 12.2 Å². The molecule has 0 aromatic rings. The van der Waals surface area contributed by atoms with Crippen LogP contribution in [0.15, 0.2) is 12.2 Å². The van der Waals surface area contributed by atoms with Crippen molar-refractivity contribution in [3.8, 4) is 0 Å². The molecule has 96 valence electrons. The average molecular weight is 242 g/mol. The molecule has 0 radical (unpaired) electrons. The number of rotatable bonds is 7. The predicted molar refractivity (Wildman–Crippen MR) is 52.9 cm³/mol. The highest BCUT2D eigenvalue weighted by molar-refractivity contribution is 4.92. The minimum atomic E-state index is -4.62. The highest BCUT2D eigenvalue weighted by Gasteiger charge is 2.36. The molecule has 0 saturated heterocycles. The van der Waals surface area contributed by atoms with Crippen LogP contribution in [0.1, 0.15) is 20.3 Å². The molecule has 0 saturated carbocycles. The standard InChI is InChI=1S/C10H17F3O3/c1-3-15-9(16-4-2)7-5-6-8(14)10(11,12)13/h5-6,8-9,14H,3-4,7H2,1-2H3/b6-5+/t8-/m0/s1. The fraction of sp³-hybridized carbons (Fsp3) is 0.800. The molecule has 0 bridgehead atoms. The normalized spacial score (nSPS) is 14.9. The first-order valence-electron chi connectivity index (χ1n) is 5.06. The number of halogens is 3. The van der Waals surface area contributed by atoms with E-state index in [1.807, 2.05) is 0 Å². The monoisotopic (exact) mass is 242 g/mol. The molecule has 0 amide bonds. The third-order valence-electron chi connectivity index (χ3n) is 1.69. The van der Waals surface area contributed by atoms with E-state index in [0.29, 0.717) is 19.3 Å². The van der Waals surface area contributed by atoms with Crippen LogP contribution in [0.25, 0.3) is 0 Å². The highest BCUT2D eigenvalue weighted by Crippen LogP contribution is 2.20. The minimum Gasteiger partial charge on any atom is -0.380 e. The van der Waals surface area contributed by atoms with Gasteiger partial charge in [0.1, 0.15) is 0 Å². The molecule has 0 aromatic heterocycles. The fourth-order valence-corrected chi connectivity index (χ4v) is 0.984. The second-order valence-corrected chi connectivity index (χ2v) is 2.99. The summed E-state index contributed by atoms with van der Waals surface area (Å²) in [7, 11) is 0. The molecular weight excluding hydrogens is 225 g/mol. The number of aliphatic hydroxyl groups is 1. The third-order valence-corrected chi connectivity index (χ3v) is 1.69. The van der Waals surface area contributed by atoms with Gasteiger partial charge < -0.3 is 14.6 Å². The first kappa shape index (κ1) is 15.4. The molecule has 3 nitrogen and oxygen atoms in total. The summed E-state index contributed by atoms with van der Waals surface area (Å²) >= 11 is 0. The third kappa shape index (κ3) is 6.81. The maximum atomic E-state index is 11.9. The first-order valence-corrected chi connectivity index (χ1v) is 5.06. The molecule has 0 aliphatic carbocycles. The summed E-state index contributed by atoms with van der Waals surface area (Å²) in [4.78, 5) is 0. The molecule has 0 fully saturated rings. The van der Waals surface area contributed by atoms with E-state index in [1.165, 1.54) is 6.08 Å². The summed E-state index contributed by atoms with van der Waals surface area (Å²) in [5.41, 5.74) is 0. The topological polar surface area (TPSA) is 38.7 Å². The van der Waals surface area contributed by atoms with Crippen LogP contribution < -0.4 is 0 Å². The van der Waals surface area contributed by atoms with Gasteiger partial charge in [-0.15, -0.1) is 0 Å². The van der Waals surface area contributed by atoms with Crippen LogP contribution in [0.3, 0.4) is 0 Å². The largest absolute Gasteiger partial charge is 0.417 e. The summed E-state index contributed by atoms with van der Waals surface area (Å²) < 4.78 is 45.9. The predicted octanol–water partition coefficient (Wildman–Crippen LogP) is 2.25. The first-order chi connectivity index (χ1) is 7.41. The van der Waals surface area contributed by atoms with E-state index in [4.69, 9.17) is 14.6 Å². The van der Waals surface area contributed by atoms with Crippen LogP contribution in [0.4, 0.5) is 13.2 Å². The van der Waals surface area contributed by atoms with Crippen molar-refractivity contribution in [1.29, 1.82) is 0 Å². The second-order valence-electron chi connectivity index (χ2n) is 2.99. The van der Waals surface area contributed by atoms with Crippen molar-refractivity contribution in [1.82, 2.24) is 0 Å². The van der Waals surface area contributed by atoms with Crippen LogP contribution in [-0.2, 0) is 9.47 Å². The van der Waals surface area contributed by atoms with Gasteiger partial charge >= 0.3 is 6.18 Å². The summed E-state index contributed by atoms with van der Waals surface area (Å²) in [6, 6.07) is 0. The Morgan fingerprint density at radius 3 is 2.06 bits per heavy atom. The summed E-state index contributed by atoms with van der Waals surface area (Å²) in [6.07, 6.45) is -5.56. The van der Waals surface area contributed by atoms with Crippen molar-refractivity contribution >= 4 is 0 Å². The van der Waals surface area contributed by atoms with Gasteiger partial charge in [-0.2, -0.15) is 13.2 Å². The lowest BCUT2D eigenvalue weighted by Gasteiger charge is -2.15. The molecule has 0 heterocycles. The van der Waals surface area contributed by atoms with E-state index in [2.05, 4.69) is 0 Å². The number of ether oxygens (including phenoxy) is 2. The van der Waals surface area contributed by atoms with Crippen molar-refractivity contribution in [2.24, 2.45) is 0 Å². The van der Waals surface area contributed by atoms with Crippen molar-refractivity contribution in [2.45, 2.75) is 38.8 Å². The van der Waals surface area contributed by atoms with Crippen LogP contribution in [0.5, 0.6) is 0 Å². The van der Waals surface area contributed by atoms with Crippen molar-refractivity contribution in [3.05, 3.63) is 12.2 Å². The lowest BCUT2D eigenvalue weighted by Crippen LogP contribution is -2.26. The molecule has 16 heavy (non-hydrogen) atoms. The molecule has 0 unspecified atom stereocenters. The summed E-state index contributed by atoms with van der Waals surface area (Å²) in [5.74, 6) is 0. The van der Waals surface area contributed by atoms with E-state index < -0.39 is 18.6 Å². The zero-order valence-electron chi connectivity index (χ0n) is 9.33. The lowest BCUT2D eigenvalue weighted by atomic mass is 10.2. The Bertz CT molecular complexity index is 198. The van der Waals surface area contributed by atoms with Gasteiger partial charge in [-0.05, 0) is 13.8 Å². The molecule has 1 atom stereocenters. The summed E-state index contributed by atoms with van der Waals surface area (Å²) in [5, 5.41) is 8.66. The smallest absolute Gasteiger partial charge is 0.380 e. The lowest BCUT2D eigenvalue weighted by molar-refractivity contribution is -0.188. The van der Waals surface area contributed by atoms with Crippen molar-refractivity contribution in [2.75, 3.05) is 13.2 Å². The van der Waals surface area contributed by atoms with Crippen LogP contribution in [0, 0.1) is 0 Å². The average Bonchev–Trinajstić information content (AvgIpc) is 2.16. The van der Waals surface area contributed by atoms with Crippen molar-refractivity contribution < 1.29 is 27.8 Å². The molecule has 0 spiro atoms. The van der Waals surface area contributed by atoms with Crippen LogP contribution >= 0.6 is 0 Å². The molecule has 0 aromatic carbocycles.